The number of aliphatic imine (C=N–C) groups is 1. The number of methoxy groups -OCH3 is 1. The van der Waals surface area contributed by atoms with Crippen LogP contribution in [0.4, 0.5) is 0 Å². The summed E-state index contributed by atoms with van der Waals surface area (Å²) in [6.45, 7) is 1.20. The standard InChI is InChI=1S/C22H25N3O3S/c1-27-11-4-12-28-18-13-15(8-10-21(26)25-22(23)24)7-9-17(18)20-14-16-5-2-3-6-19(16)29-20/h2-3,5-7,9,13-14H,4,8,10-12H2,1H3,(H4,23,24,25,26). The third-order valence-corrected chi connectivity index (χ3v) is 5.52. The van der Waals surface area contributed by atoms with Crippen molar-refractivity contribution in [3.05, 3.63) is 54.1 Å². The van der Waals surface area contributed by atoms with E-state index in [4.69, 9.17) is 20.9 Å². The summed E-state index contributed by atoms with van der Waals surface area (Å²) in [7, 11) is 1.68. The molecule has 6 nitrogen and oxygen atoms in total. The lowest BCUT2D eigenvalue weighted by atomic mass is 10.0. The number of hydrogen-bond acceptors (Lipinski definition) is 4. The zero-order valence-electron chi connectivity index (χ0n) is 16.4. The summed E-state index contributed by atoms with van der Waals surface area (Å²) in [5.41, 5.74) is 12.6. The quantitative estimate of drug-likeness (QED) is 0.318. The first-order chi connectivity index (χ1) is 14.1. The Morgan fingerprint density at radius 2 is 1.93 bits per heavy atom. The van der Waals surface area contributed by atoms with Gasteiger partial charge in [0, 0.05) is 41.7 Å². The number of amides is 1. The van der Waals surface area contributed by atoms with E-state index in [2.05, 4.69) is 29.3 Å². The second-order valence-electron chi connectivity index (χ2n) is 6.60. The van der Waals surface area contributed by atoms with E-state index >= 15 is 0 Å². The van der Waals surface area contributed by atoms with Gasteiger partial charge in [0.15, 0.2) is 5.96 Å². The van der Waals surface area contributed by atoms with Gasteiger partial charge in [-0.25, -0.2) is 0 Å². The average molecular weight is 412 g/mol. The summed E-state index contributed by atoms with van der Waals surface area (Å²) < 4.78 is 12.4. The van der Waals surface area contributed by atoms with Crippen molar-refractivity contribution in [1.82, 2.24) is 0 Å². The zero-order chi connectivity index (χ0) is 20.6. The number of carbonyl (C=O) groups is 1. The Balaban J connectivity index is 1.84. The molecule has 152 valence electrons. The maximum absolute atomic E-state index is 11.8. The lowest BCUT2D eigenvalue weighted by Gasteiger charge is -2.12. The van der Waals surface area contributed by atoms with Gasteiger partial charge in [0.05, 0.1) is 6.61 Å². The van der Waals surface area contributed by atoms with Crippen LogP contribution in [0.2, 0.25) is 0 Å². The highest BCUT2D eigenvalue weighted by molar-refractivity contribution is 7.22. The molecular weight excluding hydrogens is 386 g/mol. The maximum atomic E-state index is 11.8. The topological polar surface area (TPSA) is 99.9 Å². The molecule has 3 aromatic rings. The van der Waals surface area contributed by atoms with E-state index in [1.807, 2.05) is 24.3 Å². The molecule has 0 fully saturated rings. The summed E-state index contributed by atoms with van der Waals surface area (Å²) in [4.78, 5) is 16.5. The van der Waals surface area contributed by atoms with E-state index in [0.717, 1.165) is 28.2 Å². The van der Waals surface area contributed by atoms with E-state index in [1.165, 1.54) is 10.1 Å². The summed E-state index contributed by atoms with van der Waals surface area (Å²) in [5.74, 6) is 0.262. The van der Waals surface area contributed by atoms with E-state index in [1.54, 1.807) is 18.4 Å². The van der Waals surface area contributed by atoms with Gasteiger partial charge in [0.1, 0.15) is 5.75 Å². The number of nitrogens with zero attached hydrogens (tertiary/aromatic N) is 1. The number of ether oxygens (including phenoxy) is 2. The molecule has 29 heavy (non-hydrogen) atoms. The van der Waals surface area contributed by atoms with E-state index < -0.39 is 0 Å². The highest BCUT2D eigenvalue weighted by atomic mass is 32.1. The number of rotatable bonds is 9. The van der Waals surface area contributed by atoms with E-state index in [9.17, 15) is 4.79 Å². The first-order valence-corrected chi connectivity index (χ1v) is 10.2. The molecule has 1 aromatic heterocycles. The molecule has 2 aromatic carbocycles. The van der Waals surface area contributed by atoms with Crippen LogP contribution >= 0.6 is 11.3 Å². The minimum absolute atomic E-state index is 0.211. The molecule has 7 heteroatoms. The van der Waals surface area contributed by atoms with Crippen LogP contribution in [0, 0.1) is 0 Å². The lowest BCUT2D eigenvalue weighted by Crippen LogP contribution is -2.24. The van der Waals surface area contributed by atoms with Gasteiger partial charge < -0.3 is 20.9 Å². The van der Waals surface area contributed by atoms with Crippen molar-refractivity contribution in [1.29, 1.82) is 0 Å². The molecule has 0 unspecified atom stereocenters. The molecule has 1 heterocycles. The summed E-state index contributed by atoms with van der Waals surface area (Å²) in [6.07, 6.45) is 1.58. The molecular formula is C22H25N3O3S. The Kier molecular flexibility index (Phi) is 7.21. The fourth-order valence-corrected chi connectivity index (χ4v) is 4.09. The summed E-state index contributed by atoms with van der Waals surface area (Å²) >= 11 is 1.73. The number of benzene rings is 2. The molecule has 0 aliphatic rings. The van der Waals surface area contributed by atoms with E-state index in [0.29, 0.717) is 19.6 Å². The molecule has 3 rings (SSSR count). The monoisotopic (exact) mass is 411 g/mol. The molecule has 4 N–H and O–H groups in total. The molecule has 0 aliphatic carbocycles. The van der Waals surface area contributed by atoms with Crippen LogP contribution in [0.5, 0.6) is 5.75 Å². The number of thiophene rings is 1. The average Bonchev–Trinajstić information content (AvgIpc) is 3.13. The van der Waals surface area contributed by atoms with Crippen LogP contribution in [0.25, 0.3) is 20.5 Å². The van der Waals surface area contributed by atoms with Gasteiger partial charge in [-0.3, -0.25) is 4.79 Å². The second kappa shape index (κ2) is 10.0. The molecule has 0 saturated carbocycles. The molecule has 0 aliphatic heterocycles. The van der Waals surface area contributed by atoms with Gasteiger partial charge >= 0.3 is 0 Å². The van der Waals surface area contributed by atoms with Gasteiger partial charge in [-0.05, 0) is 41.6 Å². The van der Waals surface area contributed by atoms with Crippen molar-refractivity contribution >= 4 is 33.3 Å². The molecule has 0 bridgehead atoms. The van der Waals surface area contributed by atoms with Gasteiger partial charge in [-0.15, -0.1) is 11.3 Å². The number of carbonyl (C=O) groups excluding carboxylic acids is 1. The first kappa shape index (κ1) is 20.8. The van der Waals surface area contributed by atoms with Gasteiger partial charge in [0.2, 0.25) is 5.91 Å². The minimum Gasteiger partial charge on any atom is -0.493 e. The third kappa shape index (κ3) is 5.79. The second-order valence-corrected chi connectivity index (χ2v) is 7.69. The van der Waals surface area contributed by atoms with Gasteiger partial charge in [0.25, 0.3) is 0 Å². The van der Waals surface area contributed by atoms with Crippen molar-refractivity contribution in [2.75, 3.05) is 20.3 Å². The van der Waals surface area contributed by atoms with Crippen LogP contribution in [0.15, 0.2) is 53.5 Å². The van der Waals surface area contributed by atoms with Crippen LogP contribution in [-0.2, 0) is 16.0 Å². The predicted molar refractivity (Wildman–Crippen MR) is 118 cm³/mol. The zero-order valence-corrected chi connectivity index (χ0v) is 17.2. The molecule has 0 spiro atoms. The van der Waals surface area contributed by atoms with Crippen LogP contribution in [0.1, 0.15) is 18.4 Å². The smallest absolute Gasteiger partial charge is 0.249 e. The molecule has 0 atom stereocenters. The van der Waals surface area contributed by atoms with Crippen molar-refractivity contribution in [2.24, 2.45) is 16.5 Å². The molecule has 0 saturated heterocycles. The Hall–Kier alpha value is -2.90. The van der Waals surface area contributed by atoms with Crippen molar-refractivity contribution < 1.29 is 14.3 Å². The maximum Gasteiger partial charge on any atom is 0.249 e. The normalized spacial score (nSPS) is 10.8. The van der Waals surface area contributed by atoms with Crippen LogP contribution in [-0.4, -0.2) is 32.2 Å². The predicted octanol–water partition coefficient (Wildman–Crippen LogP) is 3.72. The third-order valence-electron chi connectivity index (χ3n) is 4.37. The number of hydrogen-bond donors (Lipinski definition) is 2. The fraction of sp³-hybridized carbons (Fsp3) is 0.273. The fourth-order valence-electron chi connectivity index (χ4n) is 3.00. The first-order valence-electron chi connectivity index (χ1n) is 9.43. The summed E-state index contributed by atoms with van der Waals surface area (Å²) in [5, 5.41) is 1.21. The Morgan fingerprint density at radius 3 is 2.69 bits per heavy atom. The van der Waals surface area contributed by atoms with Gasteiger partial charge in [-0.1, -0.05) is 24.3 Å². The molecule has 1 amide bonds. The van der Waals surface area contributed by atoms with Crippen LogP contribution < -0.4 is 16.2 Å². The highest BCUT2D eigenvalue weighted by Crippen LogP contribution is 2.39. The Bertz CT molecular complexity index is 976. The van der Waals surface area contributed by atoms with E-state index in [-0.39, 0.29) is 18.3 Å². The largest absolute Gasteiger partial charge is 0.493 e. The van der Waals surface area contributed by atoms with Crippen molar-refractivity contribution in [3.8, 4) is 16.2 Å². The highest BCUT2D eigenvalue weighted by Gasteiger charge is 2.12. The SMILES string of the molecule is COCCCOc1cc(CCC(=O)N=C(N)N)ccc1-c1cc2ccccc2s1. The molecule has 0 radical (unpaired) electrons. The Morgan fingerprint density at radius 1 is 1.10 bits per heavy atom. The van der Waals surface area contributed by atoms with Gasteiger partial charge in [-0.2, -0.15) is 4.99 Å². The Labute approximate surface area is 174 Å². The van der Waals surface area contributed by atoms with Crippen LogP contribution in [0.3, 0.4) is 0 Å². The number of fused-ring (bicyclic) bond motifs is 1. The van der Waals surface area contributed by atoms with Crippen molar-refractivity contribution in [2.45, 2.75) is 19.3 Å². The number of nitrogens with two attached hydrogens (primary N) is 2. The van der Waals surface area contributed by atoms with Crippen molar-refractivity contribution in [3.63, 3.8) is 0 Å². The lowest BCUT2D eigenvalue weighted by molar-refractivity contribution is -0.117. The summed E-state index contributed by atoms with van der Waals surface area (Å²) in [6, 6.07) is 16.6. The minimum atomic E-state index is -0.332. The number of guanidine groups is 1. The number of aryl methyl sites for hydroxylation is 1.